The van der Waals surface area contributed by atoms with E-state index in [-0.39, 0.29) is 0 Å². The van der Waals surface area contributed by atoms with Crippen LogP contribution in [0, 0.1) is 5.92 Å². The molecule has 1 aliphatic rings. The Bertz CT molecular complexity index is 159. The fraction of sp³-hybridized carbons (Fsp3) is 1.00. The number of likely N-dealkylation sites (tertiary alicyclic amines) is 1. The van der Waals surface area contributed by atoms with E-state index >= 15 is 0 Å². The summed E-state index contributed by atoms with van der Waals surface area (Å²) in [6.45, 7) is 7.62. The molecule has 2 heteroatoms. The van der Waals surface area contributed by atoms with Crippen molar-refractivity contribution < 1.29 is 5.11 Å². The molecule has 0 radical (unpaired) electrons. The second kappa shape index (κ2) is 7.24. The second-order valence-corrected chi connectivity index (χ2v) is 5.13. The van der Waals surface area contributed by atoms with Gasteiger partial charge in [0.1, 0.15) is 0 Å². The zero-order valence-corrected chi connectivity index (χ0v) is 10.4. The molecule has 1 aliphatic heterocycles. The monoisotopic (exact) mass is 213 g/mol. The lowest BCUT2D eigenvalue weighted by Gasteiger charge is -2.27. The first-order chi connectivity index (χ1) is 7.25. The molecule has 0 aromatic rings. The van der Waals surface area contributed by atoms with Crippen LogP contribution in [0.4, 0.5) is 0 Å². The molecule has 0 aliphatic carbocycles. The summed E-state index contributed by atoms with van der Waals surface area (Å²) < 4.78 is 0. The molecule has 15 heavy (non-hydrogen) atoms. The first kappa shape index (κ1) is 13.0. The maximum atomic E-state index is 8.68. The van der Waals surface area contributed by atoms with Gasteiger partial charge in [0.05, 0.1) is 0 Å². The highest BCUT2D eigenvalue weighted by Crippen LogP contribution is 2.23. The molecule has 0 aromatic carbocycles. The Kier molecular flexibility index (Phi) is 6.26. The van der Waals surface area contributed by atoms with Crippen LogP contribution in [0.25, 0.3) is 0 Å². The Morgan fingerprint density at radius 2 is 1.93 bits per heavy atom. The molecule has 90 valence electrons. The van der Waals surface area contributed by atoms with Gasteiger partial charge < -0.3 is 10.0 Å². The Labute approximate surface area is 94.7 Å². The number of aliphatic hydroxyl groups is 1. The molecule has 1 unspecified atom stereocenters. The van der Waals surface area contributed by atoms with Crippen LogP contribution in [0.1, 0.15) is 52.4 Å². The lowest BCUT2D eigenvalue weighted by atomic mass is 10.0. The van der Waals surface area contributed by atoms with Gasteiger partial charge in [0, 0.05) is 12.6 Å². The van der Waals surface area contributed by atoms with Gasteiger partial charge in [0.25, 0.3) is 0 Å². The Balaban J connectivity index is 2.09. The van der Waals surface area contributed by atoms with E-state index in [0.717, 1.165) is 18.4 Å². The van der Waals surface area contributed by atoms with Crippen molar-refractivity contribution in [1.82, 2.24) is 4.90 Å². The van der Waals surface area contributed by atoms with E-state index < -0.39 is 0 Å². The van der Waals surface area contributed by atoms with Crippen molar-refractivity contribution in [2.45, 2.75) is 58.4 Å². The first-order valence-electron chi connectivity index (χ1n) is 6.60. The van der Waals surface area contributed by atoms with Crippen LogP contribution in [0.15, 0.2) is 0 Å². The third kappa shape index (κ3) is 4.52. The lowest BCUT2D eigenvalue weighted by molar-refractivity contribution is 0.201. The zero-order chi connectivity index (χ0) is 11.1. The fourth-order valence-electron chi connectivity index (χ4n) is 2.66. The third-order valence-electron chi connectivity index (χ3n) is 3.54. The summed E-state index contributed by atoms with van der Waals surface area (Å²) >= 11 is 0. The maximum Gasteiger partial charge on any atom is 0.0431 e. The van der Waals surface area contributed by atoms with Crippen LogP contribution in [-0.4, -0.2) is 35.7 Å². The van der Waals surface area contributed by atoms with Gasteiger partial charge >= 0.3 is 0 Å². The average Bonchev–Trinajstić information content (AvgIpc) is 2.66. The van der Waals surface area contributed by atoms with E-state index in [4.69, 9.17) is 5.11 Å². The average molecular weight is 213 g/mol. The number of rotatable bonds is 7. The number of aliphatic hydroxyl groups excluding tert-OH is 1. The minimum absolute atomic E-state index is 0.359. The van der Waals surface area contributed by atoms with E-state index in [2.05, 4.69) is 18.7 Å². The topological polar surface area (TPSA) is 23.5 Å². The minimum Gasteiger partial charge on any atom is -0.396 e. The predicted molar refractivity (Wildman–Crippen MR) is 65.0 cm³/mol. The van der Waals surface area contributed by atoms with Gasteiger partial charge in [-0.2, -0.15) is 0 Å². The molecule has 0 aromatic heterocycles. The largest absolute Gasteiger partial charge is 0.396 e. The SMILES string of the molecule is CC(C)C1CCCN1CCCCCCO. The van der Waals surface area contributed by atoms with Crippen molar-refractivity contribution in [1.29, 1.82) is 0 Å². The Hall–Kier alpha value is -0.0800. The van der Waals surface area contributed by atoms with Crippen LogP contribution >= 0.6 is 0 Å². The van der Waals surface area contributed by atoms with E-state index in [1.165, 1.54) is 45.2 Å². The van der Waals surface area contributed by atoms with Gasteiger partial charge in [-0.3, -0.25) is 0 Å². The summed E-state index contributed by atoms with van der Waals surface area (Å²) in [6, 6.07) is 0.836. The highest BCUT2D eigenvalue weighted by Gasteiger charge is 2.25. The number of nitrogens with zero attached hydrogens (tertiary/aromatic N) is 1. The van der Waals surface area contributed by atoms with Gasteiger partial charge in [-0.25, -0.2) is 0 Å². The molecule has 0 saturated carbocycles. The van der Waals surface area contributed by atoms with Crippen LogP contribution in [0.2, 0.25) is 0 Å². The summed E-state index contributed by atoms with van der Waals surface area (Å²) in [4.78, 5) is 2.67. The summed E-state index contributed by atoms with van der Waals surface area (Å²) in [6.07, 6.45) is 7.54. The third-order valence-corrected chi connectivity index (χ3v) is 3.54. The normalized spacial score (nSPS) is 22.8. The van der Waals surface area contributed by atoms with Crippen LogP contribution < -0.4 is 0 Å². The quantitative estimate of drug-likeness (QED) is 0.657. The molecule has 1 fully saturated rings. The number of hydrogen-bond acceptors (Lipinski definition) is 2. The second-order valence-electron chi connectivity index (χ2n) is 5.13. The Morgan fingerprint density at radius 1 is 1.20 bits per heavy atom. The smallest absolute Gasteiger partial charge is 0.0431 e. The number of unbranched alkanes of at least 4 members (excludes halogenated alkanes) is 3. The summed E-state index contributed by atoms with van der Waals surface area (Å²) in [7, 11) is 0. The molecule has 1 saturated heterocycles. The molecule has 0 amide bonds. The summed E-state index contributed by atoms with van der Waals surface area (Å²) in [5.41, 5.74) is 0. The van der Waals surface area contributed by atoms with Crippen molar-refractivity contribution >= 4 is 0 Å². The van der Waals surface area contributed by atoms with Gasteiger partial charge in [-0.05, 0) is 44.7 Å². The zero-order valence-electron chi connectivity index (χ0n) is 10.4. The van der Waals surface area contributed by atoms with Gasteiger partial charge in [0.15, 0.2) is 0 Å². The van der Waals surface area contributed by atoms with Crippen molar-refractivity contribution in [3.05, 3.63) is 0 Å². The molecular formula is C13H27NO. The first-order valence-corrected chi connectivity index (χ1v) is 6.60. The molecule has 0 spiro atoms. The number of hydrogen-bond donors (Lipinski definition) is 1. The van der Waals surface area contributed by atoms with Crippen molar-refractivity contribution in [3.8, 4) is 0 Å². The van der Waals surface area contributed by atoms with Crippen LogP contribution in [0.3, 0.4) is 0 Å². The minimum atomic E-state index is 0.359. The Morgan fingerprint density at radius 3 is 2.60 bits per heavy atom. The highest BCUT2D eigenvalue weighted by molar-refractivity contribution is 4.81. The molecule has 1 atom stereocenters. The van der Waals surface area contributed by atoms with Crippen LogP contribution in [0.5, 0.6) is 0 Å². The predicted octanol–water partition coefficient (Wildman–Crippen LogP) is 2.66. The lowest BCUT2D eigenvalue weighted by Crippen LogP contribution is -2.34. The van der Waals surface area contributed by atoms with Crippen molar-refractivity contribution in [2.75, 3.05) is 19.7 Å². The van der Waals surface area contributed by atoms with Gasteiger partial charge in [0.2, 0.25) is 0 Å². The molecule has 0 bridgehead atoms. The maximum absolute atomic E-state index is 8.68. The molecular weight excluding hydrogens is 186 g/mol. The van der Waals surface area contributed by atoms with E-state index in [9.17, 15) is 0 Å². The van der Waals surface area contributed by atoms with Crippen molar-refractivity contribution in [2.24, 2.45) is 5.92 Å². The fourth-order valence-corrected chi connectivity index (χ4v) is 2.66. The molecule has 2 nitrogen and oxygen atoms in total. The van der Waals surface area contributed by atoms with Gasteiger partial charge in [-0.1, -0.05) is 26.7 Å². The van der Waals surface area contributed by atoms with Crippen molar-refractivity contribution in [3.63, 3.8) is 0 Å². The molecule has 1 heterocycles. The standard InChI is InChI=1S/C13H27NO/c1-12(2)13-8-7-10-14(13)9-5-3-4-6-11-15/h12-13,15H,3-11H2,1-2H3. The van der Waals surface area contributed by atoms with E-state index in [1.807, 2.05) is 0 Å². The molecule has 1 N–H and O–H groups in total. The van der Waals surface area contributed by atoms with Crippen LogP contribution in [-0.2, 0) is 0 Å². The highest BCUT2D eigenvalue weighted by atomic mass is 16.2. The summed E-state index contributed by atoms with van der Waals surface area (Å²) in [5.74, 6) is 0.810. The summed E-state index contributed by atoms with van der Waals surface area (Å²) in [5, 5.41) is 8.68. The van der Waals surface area contributed by atoms with Gasteiger partial charge in [-0.15, -0.1) is 0 Å². The van der Waals surface area contributed by atoms with E-state index in [0.29, 0.717) is 6.61 Å². The molecule has 1 rings (SSSR count). The van der Waals surface area contributed by atoms with E-state index in [1.54, 1.807) is 0 Å².